The van der Waals surface area contributed by atoms with Crippen molar-refractivity contribution in [2.24, 2.45) is 0 Å². The number of rotatable bonds is 4. The molecule has 8 heteroatoms. The molecule has 0 saturated carbocycles. The Kier molecular flexibility index (Phi) is 2.70. The van der Waals surface area contributed by atoms with Crippen molar-refractivity contribution in [2.45, 2.75) is 13.3 Å². The molecule has 0 fully saturated rings. The van der Waals surface area contributed by atoms with Crippen molar-refractivity contribution >= 4 is 28.9 Å². The topological polar surface area (TPSA) is 70.2 Å². The van der Waals surface area contributed by atoms with Gasteiger partial charge in [0.15, 0.2) is 5.82 Å². The van der Waals surface area contributed by atoms with Crippen LogP contribution in [0.4, 0.5) is 31.8 Å². The molecule has 3 rings (SSSR count). The summed E-state index contributed by atoms with van der Waals surface area (Å²) in [6.07, 6.45) is -1.64. The Labute approximate surface area is 138 Å². The molecule has 1 aliphatic rings. The SMILES string of the molecule is [2H]C([2H])([2H])C([2H])([2H])Nc1ccc2c(n1)N(c1ccc(C(F)F)nc1)C(=O)CN2. The molecular formula is C15H15F2N5O. The predicted octanol–water partition coefficient (Wildman–Crippen LogP) is 2.94. The fraction of sp³-hybridized carbons (Fsp3) is 0.267. The summed E-state index contributed by atoms with van der Waals surface area (Å²) in [6, 6.07) is 5.25. The summed E-state index contributed by atoms with van der Waals surface area (Å²) in [4.78, 5) is 21.3. The van der Waals surface area contributed by atoms with Gasteiger partial charge in [0, 0.05) is 13.4 Å². The summed E-state index contributed by atoms with van der Waals surface area (Å²) in [5.74, 6) is -0.490. The molecule has 0 unspecified atom stereocenters. The number of nitrogens with zero attached hydrogens (tertiary/aromatic N) is 3. The number of nitrogens with one attached hydrogen (secondary N) is 2. The highest BCUT2D eigenvalue weighted by atomic mass is 19.3. The molecule has 2 N–H and O–H groups in total. The number of carbonyl (C=O) groups is 1. The van der Waals surface area contributed by atoms with E-state index >= 15 is 0 Å². The predicted molar refractivity (Wildman–Crippen MR) is 83.2 cm³/mol. The Bertz CT molecular complexity index is 891. The number of halogens is 2. The lowest BCUT2D eigenvalue weighted by atomic mass is 10.2. The normalized spacial score (nSPS) is 18.1. The van der Waals surface area contributed by atoms with Gasteiger partial charge in [0.25, 0.3) is 12.3 Å². The molecule has 120 valence electrons. The number of anilines is 4. The van der Waals surface area contributed by atoms with Crippen molar-refractivity contribution < 1.29 is 20.4 Å². The molecule has 1 amide bonds. The largest absolute Gasteiger partial charge is 0.373 e. The lowest BCUT2D eigenvalue weighted by Crippen LogP contribution is -2.37. The number of carbonyl (C=O) groups excluding carboxylic acids is 1. The van der Waals surface area contributed by atoms with Gasteiger partial charge in [-0.15, -0.1) is 0 Å². The summed E-state index contributed by atoms with van der Waals surface area (Å²) < 4.78 is 62.5. The zero-order valence-electron chi connectivity index (χ0n) is 16.7. The number of pyridine rings is 2. The van der Waals surface area contributed by atoms with E-state index in [9.17, 15) is 13.6 Å². The molecule has 0 radical (unpaired) electrons. The highest BCUT2D eigenvalue weighted by Crippen LogP contribution is 2.34. The summed E-state index contributed by atoms with van der Waals surface area (Å²) in [5, 5.41) is 5.03. The van der Waals surface area contributed by atoms with E-state index in [0.717, 1.165) is 17.2 Å². The Balaban J connectivity index is 1.99. The highest BCUT2D eigenvalue weighted by molar-refractivity contribution is 6.07. The maximum absolute atomic E-state index is 12.7. The van der Waals surface area contributed by atoms with Gasteiger partial charge in [-0.3, -0.25) is 14.7 Å². The van der Waals surface area contributed by atoms with E-state index in [1.807, 2.05) is 0 Å². The van der Waals surface area contributed by atoms with Crippen LogP contribution in [0, 0.1) is 0 Å². The number of fused-ring (bicyclic) bond motifs is 1. The fourth-order valence-electron chi connectivity index (χ4n) is 2.18. The van der Waals surface area contributed by atoms with E-state index in [1.54, 1.807) is 0 Å². The first-order valence-corrected chi connectivity index (χ1v) is 6.60. The van der Waals surface area contributed by atoms with Crippen LogP contribution < -0.4 is 15.5 Å². The second-order valence-corrected chi connectivity index (χ2v) is 4.64. The first kappa shape index (κ1) is 10.1. The second kappa shape index (κ2) is 6.15. The Morgan fingerprint density at radius 3 is 3.04 bits per heavy atom. The average molecular weight is 324 g/mol. The molecule has 0 saturated heterocycles. The molecule has 6 nitrogen and oxygen atoms in total. The van der Waals surface area contributed by atoms with Gasteiger partial charge >= 0.3 is 0 Å². The Morgan fingerprint density at radius 2 is 2.35 bits per heavy atom. The van der Waals surface area contributed by atoms with Crippen molar-refractivity contribution in [1.82, 2.24) is 9.97 Å². The quantitative estimate of drug-likeness (QED) is 0.905. The van der Waals surface area contributed by atoms with E-state index in [2.05, 4.69) is 20.6 Å². The van der Waals surface area contributed by atoms with E-state index in [4.69, 9.17) is 6.85 Å². The van der Waals surface area contributed by atoms with Crippen LogP contribution in [-0.4, -0.2) is 28.9 Å². The minimum Gasteiger partial charge on any atom is -0.373 e. The van der Waals surface area contributed by atoms with Gasteiger partial charge in [-0.1, -0.05) is 0 Å². The molecule has 3 heterocycles. The summed E-state index contributed by atoms with van der Waals surface area (Å²) in [5.41, 5.74) is 0.180. The van der Waals surface area contributed by atoms with Gasteiger partial charge in [-0.05, 0) is 31.1 Å². The summed E-state index contributed by atoms with van der Waals surface area (Å²) in [7, 11) is 0. The van der Waals surface area contributed by atoms with Crippen molar-refractivity contribution in [3.63, 3.8) is 0 Å². The van der Waals surface area contributed by atoms with Crippen LogP contribution in [0.2, 0.25) is 0 Å². The molecule has 0 spiro atoms. The fourth-order valence-corrected chi connectivity index (χ4v) is 2.18. The molecule has 0 bridgehead atoms. The maximum atomic E-state index is 12.7. The van der Waals surface area contributed by atoms with Crippen LogP contribution in [0.15, 0.2) is 30.5 Å². The number of alkyl halides is 2. The molecule has 2 aromatic heterocycles. The second-order valence-electron chi connectivity index (χ2n) is 4.64. The molecule has 2 aromatic rings. The Hall–Kier alpha value is -2.77. The zero-order valence-corrected chi connectivity index (χ0v) is 11.7. The first-order chi connectivity index (χ1) is 13.0. The zero-order chi connectivity index (χ0) is 20.7. The van der Waals surface area contributed by atoms with Crippen molar-refractivity contribution in [2.75, 3.05) is 28.6 Å². The molecule has 0 aromatic carbocycles. The number of hydrogen-bond donors (Lipinski definition) is 2. The highest BCUT2D eigenvalue weighted by Gasteiger charge is 2.27. The molecule has 0 aliphatic carbocycles. The van der Waals surface area contributed by atoms with Crippen LogP contribution in [0.1, 0.15) is 25.8 Å². The molecule has 23 heavy (non-hydrogen) atoms. The Morgan fingerprint density at radius 1 is 1.48 bits per heavy atom. The smallest absolute Gasteiger partial charge is 0.280 e. The van der Waals surface area contributed by atoms with E-state index < -0.39 is 31.4 Å². The molecule has 1 aliphatic heterocycles. The minimum atomic E-state index is -2.95. The summed E-state index contributed by atoms with van der Waals surface area (Å²) >= 11 is 0. The summed E-state index contributed by atoms with van der Waals surface area (Å²) in [6.45, 7) is -5.78. The van der Waals surface area contributed by atoms with Crippen molar-refractivity contribution in [3.8, 4) is 0 Å². The van der Waals surface area contributed by atoms with Gasteiger partial charge in [0.05, 0.1) is 24.1 Å². The number of amides is 1. The van der Waals surface area contributed by atoms with Crippen LogP contribution in [0.5, 0.6) is 0 Å². The van der Waals surface area contributed by atoms with Gasteiger partial charge < -0.3 is 10.6 Å². The van der Waals surface area contributed by atoms with E-state index in [0.29, 0.717) is 5.69 Å². The number of aromatic nitrogens is 2. The third-order valence-corrected chi connectivity index (χ3v) is 3.21. The van der Waals surface area contributed by atoms with Crippen LogP contribution in [0.3, 0.4) is 0 Å². The van der Waals surface area contributed by atoms with Crippen molar-refractivity contribution in [3.05, 3.63) is 36.2 Å². The third-order valence-electron chi connectivity index (χ3n) is 3.21. The van der Waals surface area contributed by atoms with E-state index in [1.165, 1.54) is 18.2 Å². The number of hydrogen-bond acceptors (Lipinski definition) is 5. The third kappa shape index (κ3) is 2.92. The van der Waals surface area contributed by atoms with Crippen LogP contribution >= 0.6 is 0 Å². The monoisotopic (exact) mass is 324 g/mol. The molecule has 0 atom stereocenters. The lowest BCUT2D eigenvalue weighted by molar-refractivity contribution is -0.116. The lowest BCUT2D eigenvalue weighted by Gasteiger charge is -2.29. The average Bonchev–Trinajstić information content (AvgIpc) is 2.60. The van der Waals surface area contributed by atoms with Crippen LogP contribution in [0.25, 0.3) is 0 Å². The van der Waals surface area contributed by atoms with Crippen molar-refractivity contribution in [1.29, 1.82) is 0 Å². The standard InChI is InChI=1S/C15H15F2N5O/c1-2-18-12-6-5-11-15(21-12)22(13(23)8-20-11)9-3-4-10(14(16)17)19-7-9/h3-7,14,20H,2,8H2,1H3,(H,18,21)/i1D3,2D2. The molecular weight excluding hydrogens is 304 g/mol. The van der Waals surface area contributed by atoms with Crippen LogP contribution in [-0.2, 0) is 4.79 Å². The van der Waals surface area contributed by atoms with Gasteiger partial charge in [0.1, 0.15) is 11.5 Å². The maximum Gasteiger partial charge on any atom is 0.280 e. The van der Waals surface area contributed by atoms with Gasteiger partial charge in [0.2, 0.25) is 0 Å². The van der Waals surface area contributed by atoms with E-state index in [-0.39, 0.29) is 23.9 Å². The first-order valence-electron chi connectivity index (χ1n) is 9.10. The van der Waals surface area contributed by atoms with Gasteiger partial charge in [-0.25, -0.2) is 13.8 Å². The minimum absolute atomic E-state index is 0.0641. The van der Waals surface area contributed by atoms with Gasteiger partial charge in [-0.2, -0.15) is 0 Å².